The van der Waals surface area contributed by atoms with Crippen LogP contribution in [0.4, 0.5) is 0 Å². The number of carbonyl (C=O) groups is 1. The minimum absolute atomic E-state index is 0. The number of nitrogens with zero attached hydrogens (tertiary/aromatic N) is 1. The minimum Gasteiger partial charge on any atom is -0.472 e. The fourth-order valence-electron chi connectivity index (χ4n) is 3.10. The molecule has 2 aliphatic heterocycles. The first kappa shape index (κ1) is 13.4. The molecule has 100 valence electrons. The fourth-order valence-corrected chi connectivity index (χ4v) is 3.10. The van der Waals surface area contributed by atoms with Gasteiger partial charge in [-0.2, -0.15) is 0 Å². The predicted molar refractivity (Wildman–Crippen MR) is 71.0 cm³/mol. The topological polar surface area (TPSA) is 45.5 Å². The number of hydrogen-bond donors (Lipinski definition) is 1. The van der Waals surface area contributed by atoms with E-state index >= 15 is 0 Å². The molecular weight excluding hydrogens is 252 g/mol. The third-order valence-electron chi connectivity index (χ3n) is 4.08. The first-order chi connectivity index (χ1) is 8.24. The molecule has 18 heavy (non-hydrogen) atoms. The Morgan fingerprint density at radius 3 is 2.61 bits per heavy atom. The standard InChI is InChI=1S/C13H18N2O2.ClH/c1-15(13(16)9-4-5-17-8-9)12-6-10-2-3-11(7-12)14-10;/h4-5,8,10-12,14H,2-3,6-7H2,1H3;1H. The number of carbonyl (C=O) groups excluding carboxylic acids is 1. The van der Waals surface area contributed by atoms with Gasteiger partial charge in [-0.05, 0) is 31.7 Å². The van der Waals surface area contributed by atoms with E-state index in [0.717, 1.165) is 12.8 Å². The second-order valence-electron chi connectivity index (χ2n) is 5.19. The SMILES string of the molecule is CN(C(=O)c1ccoc1)C1CC2CCC(C1)N2.Cl. The van der Waals surface area contributed by atoms with Crippen molar-refractivity contribution in [2.45, 2.75) is 43.8 Å². The van der Waals surface area contributed by atoms with E-state index in [9.17, 15) is 4.79 Å². The van der Waals surface area contributed by atoms with E-state index in [2.05, 4.69) is 5.32 Å². The van der Waals surface area contributed by atoms with Crippen molar-refractivity contribution >= 4 is 18.3 Å². The molecule has 2 atom stereocenters. The lowest BCUT2D eigenvalue weighted by atomic mass is 9.98. The number of hydrogen-bond acceptors (Lipinski definition) is 3. The Morgan fingerprint density at radius 1 is 1.39 bits per heavy atom. The van der Waals surface area contributed by atoms with Crippen LogP contribution in [0.25, 0.3) is 0 Å². The molecule has 1 N–H and O–H groups in total. The molecule has 5 heteroatoms. The lowest BCUT2D eigenvalue weighted by Gasteiger charge is -2.35. The Morgan fingerprint density at radius 2 is 2.06 bits per heavy atom. The largest absolute Gasteiger partial charge is 0.472 e. The van der Waals surface area contributed by atoms with Crippen LogP contribution in [0.5, 0.6) is 0 Å². The quantitative estimate of drug-likeness (QED) is 0.895. The van der Waals surface area contributed by atoms with Crippen LogP contribution in [-0.4, -0.2) is 36.0 Å². The van der Waals surface area contributed by atoms with Crippen molar-refractivity contribution in [3.8, 4) is 0 Å². The molecule has 2 bridgehead atoms. The lowest BCUT2D eigenvalue weighted by Crippen LogP contribution is -2.48. The highest BCUT2D eigenvalue weighted by Gasteiger charge is 2.36. The van der Waals surface area contributed by atoms with Gasteiger partial charge in [0.25, 0.3) is 5.91 Å². The van der Waals surface area contributed by atoms with Gasteiger partial charge in [0.05, 0.1) is 11.8 Å². The highest BCUT2D eigenvalue weighted by Crippen LogP contribution is 2.29. The van der Waals surface area contributed by atoms with Gasteiger partial charge in [-0.3, -0.25) is 4.79 Å². The van der Waals surface area contributed by atoms with E-state index in [1.54, 1.807) is 12.3 Å². The average Bonchev–Trinajstić information content (AvgIpc) is 2.97. The van der Waals surface area contributed by atoms with Crippen molar-refractivity contribution in [1.82, 2.24) is 10.2 Å². The van der Waals surface area contributed by atoms with Gasteiger partial charge in [-0.15, -0.1) is 12.4 Å². The second-order valence-corrected chi connectivity index (χ2v) is 5.19. The molecule has 2 fully saturated rings. The third-order valence-corrected chi connectivity index (χ3v) is 4.08. The highest BCUT2D eigenvalue weighted by molar-refractivity contribution is 5.93. The maximum absolute atomic E-state index is 12.2. The number of furan rings is 1. The molecule has 2 unspecified atom stereocenters. The second kappa shape index (κ2) is 5.33. The smallest absolute Gasteiger partial charge is 0.257 e. The Kier molecular flexibility index (Phi) is 3.97. The first-order valence-electron chi connectivity index (χ1n) is 6.29. The molecule has 2 saturated heterocycles. The van der Waals surface area contributed by atoms with E-state index in [1.807, 2.05) is 11.9 Å². The third kappa shape index (κ3) is 2.40. The molecule has 0 radical (unpaired) electrons. The molecule has 3 rings (SSSR count). The summed E-state index contributed by atoms with van der Waals surface area (Å²) in [6.07, 6.45) is 7.75. The summed E-state index contributed by atoms with van der Waals surface area (Å²) in [6, 6.07) is 3.32. The molecule has 4 nitrogen and oxygen atoms in total. The number of nitrogens with one attached hydrogen (secondary N) is 1. The van der Waals surface area contributed by atoms with E-state index in [4.69, 9.17) is 4.42 Å². The van der Waals surface area contributed by atoms with Crippen molar-refractivity contribution in [2.75, 3.05) is 7.05 Å². The van der Waals surface area contributed by atoms with Crippen LogP contribution >= 0.6 is 12.4 Å². The average molecular weight is 271 g/mol. The first-order valence-corrected chi connectivity index (χ1v) is 6.29. The van der Waals surface area contributed by atoms with E-state index in [0.29, 0.717) is 23.7 Å². The molecule has 1 aromatic rings. The predicted octanol–water partition coefficient (Wildman–Crippen LogP) is 2.06. The summed E-state index contributed by atoms with van der Waals surface area (Å²) in [5.74, 6) is 0.0741. The van der Waals surface area contributed by atoms with Gasteiger partial charge < -0.3 is 14.6 Å². The summed E-state index contributed by atoms with van der Waals surface area (Å²) >= 11 is 0. The van der Waals surface area contributed by atoms with Gasteiger partial charge in [0.1, 0.15) is 6.26 Å². The van der Waals surface area contributed by atoms with Gasteiger partial charge in [0.2, 0.25) is 0 Å². The summed E-state index contributed by atoms with van der Waals surface area (Å²) < 4.78 is 4.97. The summed E-state index contributed by atoms with van der Waals surface area (Å²) in [7, 11) is 1.91. The Bertz CT molecular complexity index is 395. The molecular formula is C13H19ClN2O2. The van der Waals surface area contributed by atoms with Crippen molar-refractivity contribution in [3.63, 3.8) is 0 Å². The van der Waals surface area contributed by atoms with Gasteiger partial charge in [0.15, 0.2) is 0 Å². The van der Waals surface area contributed by atoms with Crippen LogP contribution in [0.2, 0.25) is 0 Å². The van der Waals surface area contributed by atoms with Crippen LogP contribution in [0.3, 0.4) is 0 Å². The maximum Gasteiger partial charge on any atom is 0.257 e. The van der Waals surface area contributed by atoms with Crippen LogP contribution in [-0.2, 0) is 0 Å². The molecule has 0 aliphatic carbocycles. The van der Waals surface area contributed by atoms with E-state index < -0.39 is 0 Å². The minimum atomic E-state index is 0. The zero-order valence-electron chi connectivity index (χ0n) is 10.5. The van der Waals surface area contributed by atoms with E-state index in [-0.39, 0.29) is 18.3 Å². The van der Waals surface area contributed by atoms with Crippen LogP contribution in [0.15, 0.2) is 23.0 Å². The monoisotopic (exact) mass is 270 g/mol. The Hall–Kier alpha value is -1.00. The molecule has 0 spiro atoms. The molecule has 1 amide bonds. The van der Waals surface area contributed by atoms with Crippen LogP contribution in [0, 0.1) is 0 Å². The number of fused-ring (bicyclic) bond motifs is 2. The Labute approximate surface area is 113 Å². The number of piperidine rings is 1. The van der Waals surface area contributed by atoms with E-state index in [1.165, 1.54) is 19.1 Å². The number of amides is 1. The zero-order chi connectivity index (χ0) is 11.8. The summed E-state index contributed by atoms with van der Waals surface area (Å²) in [5, 5.41) is 3.59. The van der Waals surface area contributed by atoms with Gasteiger partial charge >= 0.3 is 0 Å². The lowest BCUT2D eigenvalue weighted by molar-refractivity contribution is 0.0681. The number of rotatable bonds is 2. The maximum atomic E-state index is 12.2. The summed E-state index contributed by atoms with van der Waals surface area (Å²) in [4.78, 5) is 14.1. The fraction of sp³-hybridized carbons (Fsp3) is 0.615. The Balaban J connectivity index is 0.00000120. The van der Waals surface area contributed by atoms with Crippen molar-refractivity contribution in [1.29, 1.82) is 0 Å². The van der Waals surface area contributed by atoms with Crippen molar-refractivity contribution in [2.24, 2.45) is 0 Å². The number of halogens is 1. The van der Waals surface area contributed by atoms with Gasteiger partial charge in [-0.25, -0.2) is 0 Å². The van der Waals surface area contributed by atoms with Crippen molar-refractivity contribution in [3.05, 3.63) is 24.2 Å². The van der Waals surface area contributed by atoms with Gasteiger partial charge in [-0.1, -0.05) is 0 Å². The molecule has 3 heterocycles. The molecule has 2 aliphatic rings. The molecule has 0 aromatic carbocycles. The zero-order valence-corrected chi connectivity index (χ0v) is 11.3. The van der Waals surface area contributed by atoms with Crippen LogP contribution < -0.4 is 5.32 Å². The molecule has 0 saturated carbocycles. The highest BCUT2D eigenvalue weighted by atomic mass is 35.5. The van der Waals surface area contributed by atoms with Crippen LogP contribution in [0.1, 0.15) is 36.0 Å². The van der Waals surface area contributed by atoms with Crippen molar-refractivity contribution < 1.29 is 9.21 Å². The normalized spacial score (nSPS) is 29.7. The molecule has 1 aromatic heterocycles. The summed E-state index contributed by atoms with van der Waals surface area (Å²) in [5.41, 5.74) is 0.651. The summed E-state index contributed by atoms with van der Waals surface area (Å²) in [6.45, 7) is 0. The van der Waals surface area contributed by atoms with Gasteiger partial charge in [0, 0.05) is 25.2 Å².